The molecule has 28 heavy (non-hydrogen) atoms. The number of nitrogens with one attached hydrogen (secondary N) is 3. The minimum Gasteiger partial charge on any atom is -0.399 e. The van der Waals surface area contributed by atoms with E-state index in [0.29, 0.717) is 5.39 Å². The first-order valence-electron chi connectivity index (χ1n) is 9.01. The minimum atomic E-state index is 0.0292. The van der Waals surface area contributed by atoms with E-state index in [0.717, 1.165) is 46.7 Å². The first kappa shape index (κ1) is 20.6. The second kappa shape index (κ2) is 9.86. The molecule has 0 bridgehead atoms. The van der Waals surface area contributed by atoms with Crippen molar-refractivity contribution < 1.29 is 4.84 Å². The molecule has 2 heterocycles. The molecule has 3 N–H and O–H groups in total. The molecule has 0 spiro atoms. The lowest BCUT2D eigenvalue weighted by atomic mass is 10.2. The van der Waals surface area contributed by atoms with Gasteiger partial charge in [0.25, 0.3) is 0 Å². The summed E-state index contributed by atoms with van der Waals surface area (Å²) in [7, 11) is 1.54. The highest BCUT2D eigenvalue weighted by atomic mass is 79.9. The summed E-state index contributed by atoms with van der Waals surface area (Å²) in [6.07, 6.45) is 2.66. The minimum absolute atomic E-state index is 0.0292. The van der Waals surface area contributed by atoms with Gasteiger partial charge in [-0.15, -0.1) is 11.3 Å². The normalized spacial score (nSPS) is 11.4. The smallest absolute Gasteiger partial charge is 0.191 e. The summed E-state index contributed by atoms with van der Waals surface area (Å²) >= 11 is 5.31. The van der Waals surface area contributed by atoms with E-state index in [-0.39, 0.29) is 5.43 Å². The van der Waals surface area contributed by atoms with Gasteiger partial charge in [0.05, 0.1) is 16.6 Å². The lowest BCUT2D eigenvalue weighted by Crippen LogP contribution is -2.18. The number of oxime groups is 1. The van der Waals surface area contributed by atoms with Crippen molar-refractivity contribution in [3.05, 3.63) is 60.3 Å². The molecule has 6 nitrogen and oxygen atoms in total. The maximum absolute atomic E-state index is 12.1. The molecule has 1 aromatic carbocycles. The molecule has 3 rings (SSSR count). The Balaban J connectivity index is 1.46. The summed E-state index contributed by atoms with van der Waals surface area (Å²) in [5.41, 5.74) is 2.10. The molecule has 2 aromatic heterocycles. The number of para-hydroxylation sites is 1. The lowest BCUT2D eigenvalue weighted by Gasteiger charge is -2.08. The predicted molar refractivity (Wildman–Crippen MR) is 121 cm³/mol. The first-order valence-corrected chi connectivity index (χ1v) is 10.6. The molecule has 148 valence electrons. The highest BCUT2D eigenvalue weighted by Crippen LogP contribution is 2.31. The Bertz CT molecular complexity index is 1030. The third-order valence-electron chi connectivity index (χ3n) is 4.34. The van der Waals surface area contributed by atoms with Gasteiger partial charge in [-0.3, -0.25) is 4.79 Å². The monoisotopic (exact) mass is 462 g/mol. The van der Waals surface area contributed by atoms with E-state index in [9.17, 15) is 4.79 Å². The SMILES string of the molecule is CON=Cc1sc(CNCCCNc2cc(=O)c3ccccc3[nH]2)c(C)c1Br. The van der Waals surface area contributed by atoms with Gasteiger partial charge in [-0.05, 0) is 53.5 Å². The molecule has 0 atom stereocenters. The number of nitrogens with zero attached hydrogens (tertiary/aromatic N) is 1. The summed E-state index contributed by atoms with van der Waals surface area (Å²) in [5.74, 6) is 0.754. The van der Waals surface area contributed by atoms with E-state index in [4.69, 9.17) is 4.84 Å². The Labute approximate surface area is 176 Å². The average Bonchev–Trinajstić information content (AvgIpc) is 2.97. The van der Waals surface area contributed by atoms with E-state index < -0.39 is 0 Å². The number of hydrogen-bond acceptors (Lipinski definition) is 6. The fourth-order valence-corrected chi connectivity index (χ4v) is 4.59. The summed E-state index contributed by atoms with van der Waals surface area (Å²) < 4.78 is 1.07. The van der Waals surface area contributed by atoms with Crippen molar-refractivity contribution in [2.45, 2.75) is 19.9 Å². The van der Waals surface area contributed by atoms with Crippen LogP contribution in [0.3, 0.4) is 0 Å². The highest BCUT2D eigenvalue weighted by molar-refractivity contribution is 9.10. The number of aromatic amines is 1. The number of aromatic nitrogens is 1. The van der Waals surface area contributed by atoms with Crippen LogP contribution in [-0.4, -0.2) is 31.4 Å². The molecular weight excluding hydrogens is 440 g/mol. The number of benzene rings is 1. The average molecular weight is 463 g/mol. The van der Waals surface area contributed by atoms with Crippen LogP contribution in [0.4, 0.5) is 5.82 Å². The van der Waals surface area contributed by atoms with Crippen LogP contribution in [0, 0.1) is 6.92 Å². The largest absolute Gasteiger partial charge is 0.399 e. The van der Waals surface area contributed by atoms with Crippen LogP contribution in [0.5, 0.6) is 0 Å². The molecule has 0 fully saturated rings. The van der Waals surface area contributed by atoms with E-state index >= 15 is 0 Å². The summed E-state index contributed by atoms with van der Waals surface area (Å²) in [5, 5.41) is 11.3. The van der Waals surface area contributed by atoms with Crippen LogP contribution in [0.1, 0.15) is 21.7 Å². The number of pyridine rings is 1. The third-order valence-corrected chi connectivity index (χ3v) is 6.85. The number of halogens is 1. The van der Waals surface area contributed by atoms with Crippen LogP contribution in [0.2, 0.25) is 0 Å². The summed E-state index contributed by atoms with van der Waals surface area (Å²) in [6.45, 7) is 4.56. The molecule has 0 aliphatic carbocycles. The second-order valence-electron chi connectivity index (χ2n) is 6.30. The van der Waals surface area contributed by atoms with Gasteiger partial charge in [0.2, 0.25) is 0 Å². The van der Waals surface area contributed by atoms with Crippen molar-refractivity contribution in [3.63, 3.8) is 0 Å². The third kappa shape index (κ3) is 5.01. The van der Waals surface area contributed by atoms with Gasteiger partial charge in [0, 0.05) is 33.9 Å². The summed E-state index contributed by atoms with van der Waals surface area (Å²) in [4.78, 5) is 22.5. The van der Waals surface area contributed by atoms with Crippen LogP contribution in [-0.2, 0) is 11.4 Å². The number of anilines is 1. The van der Waals surface area contributed by atoms with Gasteiger partial charge in [0.15, 0.2) is 5.43 Å². The zero-order valence-corrected chi connectivity index (χ0v) is 18.2. The number of H-pyrrole nitrogens is 1. The van der Waals surface area contributed by atoms with Gasteiger partial charge in [-0.1, -0.05) is 17.3 Å². The van der Waals surface area contributed by atoms with Crippen molar-refractivity contribution in [1.82, 2.24) is 10.3 Å². The quantitative estimate of drug-likeness (QED) is 0.252. The van der Waals surface area contributed by atoms with Gasteiger partial charge in [0.1, 0.15) is 12.9 Å². The van der Waals surface area contributed by atoms with Crippen LogP contribution in [0.25, 0.3) is 10.9 Å². The highest BCUT2D eigenvalue weighted by Gasteiger charge is 2.11. The van der Waals surface area contributed by atoms with Gasteiger partial charge >= 0.3 is 0 Å². The molecule has 0 aliphatic rings. The van der Waals surface area contributed by atoms with Crippen molar-refractivity contribution in [3.8, 4) is 0 Å². The number of thiophene rings is 1. The molecule has 3 aromatic rings. The van der Waals surface area contributed by atoms with Crippen LogP contribution < -0.4 is 16.1 Å². The zero-order valence-electron chi connectivity index (χ0n) is 15.8. The van der Waals surface area contributed by atoms with Crippen molar-refractivity contribution in [2.75, 3.05) is 25.5 Å². The maximum atomic E-state index is 12.1. The number of rotatable bonds is 9. The molecule has 0 aliphatic heterocycles. The molecule has 8 heteroatoms. The Morgan fingerprint density at radius 3 is 2.96 bits per heavy atom. The Kier molecular flexibility index (Phi) is 7.24. The molecule has 0 unspecified atom stereocenters. The predicted octanol–water partition coefficient (Wildman–Crippen LogP) is 4.23. The molecular formula is C20H23BrN4O2S. The number of fused-ring (bicyclic) bond motifs is 1. The maximum Gasteiger partial charge on any atom is 0.191 e. The zero-order chi connectivity index (χ0) is 19.9. The lowest BCUT2D eigenvalue weighted by molar-refractivity contribution is 0.215. The molecule has 0 saturated heterocycles. The van der Waals surface area contributed by atoms with Crippen molar-refractivity contribution in [2.24, 2.45) is 5.16 Å². The van der Waals surface area contributed by atoms with E-state index in [1.165, 1.54) is 17.6 Å². The van der Waals surface area contributed by atoms with Crippen LogP contribution >= 0.6 is 27.3 Å². The fraction of sp³-hybridized carbons (Fsp3) is 0.300. The molecule has 0 radical (unpaired) electrons. The summed E-state index contributed by atoms with van der Waals surface area (Å²) in [6, 6.07) is 9.16. The second-order valence-corrected chi connectivity index (χ2v) is 8.23. The topological polar surface area (TPSA) is 78.5 Å². The van der Waals surface area contributed by atoms with Crippen molar-refractivity contribution in [1.29, 1.82) is 0 Å². The standard InChI is InChI=1S/C20H23BrN4O2S/c1-13-17(28-18(20(13)21)12-24-27-2)11-22-8-5-9-23-19-10-16(26)14-6-3-4-7-15(14)25-19/h3-4,6-7,10,12,22H,5,8-9,11H2,1-2H3,(H2,23,25,26). The Morgan fingerprint density at radius 1 is 1.32 bits per heavy atom. The number of hydrogen-bond donors (Lipinski definition) is 3. The van der Waals surface area contributed by atoms with E-state index in [2.05, 4.69) is 43.6 Å². The van der Waals surface area contributed by atoms with Gasteiger partial charge < -0.3 is 20.5 Å². The Morgan fingerprint density at radius 2 is 2.14 bits per heavy atom. The molecule has 0 saturated carbocycles. The Hall–Kier alpha value is -2.16. The first-order chi connectivity index (χ1) is 13.6. The van der Waals surface area contributed by atoms with E-state index in [1.807, 2.05) is 24.3 Å². The fourth-order valence-electron chi connectivity index (χ4n) is 2.84. The van der Waals surface area contributed by atoms with Crippen molar-refractivity contribution >= 4 is 50.2 Å². The van der Waals surface area contributed by atoms with Gasteiger partial charge in [-0.2, -0.15) is 0 Å². The van der Waals surface area contributed by atoms with Gasteiger partial charge in [-0.25, -0.2) is 0 Å². The molecule has 0 amide bonds. The van der Waals surface area contributed by atoms with Crippen LogP contribution in [0.15, 0.2) is 44.8 Å². The van der Waals surface area contributed by atoms with E-state index in [1.54, 1.807) is 23.6 Å².